The van der Waals surface area contributed by atoms with E-state index in [1.54, 1.807) is 24.3 Å². The fraction of sp³-hybridized carbons (Fsp3) is 0.0526. The van der Waals surface area contributed by atoms with Crippen LogP contribution in [-0.2, 0) is 0 Å². The maximum atomic E-state index is 13.3. The second-order valence-electron chi connectivity index (χ2n) is 5.45. The second kappa shape index (κ2) is 7.49. The minimum atomic E-state index is -0.679. The number of rotatable bonds is 5. The number of nitriles is 1. The molecule has 0 aliphatic heterocycles. The molecule has 134 valence electrons. The number of hydrogen-bond acceptors (Lipinski definition) is 6. The number of ketones is 1. The average molecular weight is 365 g/mol. The van der Waals surface area contributed by atoms with Crippen molar-refractivity contribution in [2.24, 2.45) is 0 Å². The molecule has 0 radical (unpaired) electrons. The molecule has 7 nitrogen and oxygen atoms in total. The van der Waals surface area contributed by atoms with E-state index in [9.17, 15) is 19.1 Å². The summed E-state index contributed by atoms with van der Waals surface area (Å²) in [6, 6.07) is 11.4. The normalized spacial score (nSPS) is 10.2. The van der Waals surface area contributed by atoms with Crippen LogP contribution in [0.1, 0.15) is 26.3 Å². The number of hydrogen-bond donors (Lipinski definition) is 1. The minimum Gasteiger partial charge on any atom is -0.507 e. The molecule has 8 heteroatoms. The Labute approximate surface area is 152 Å². The summed E-state index contributed by atoms with van der Waals surface area (Å²) in [5.41, 5.74) is 0.0473. The van der Waals surface area contributed by atoms with Crippen LogP contribution in [0.25, 0.3) is 0 Å². The fourth-order valence-electron chi connectivity index (χ4n) is 2.31. The fourth-order valence-corrected chi connectivity index (χ4v) is 2.31. The highest BCUT2D eigenvalue weighted by atomic mass is 19.1. The smallest absolute Gasteiger partial charge is 0.284 e. The summed E-state index contributed by atoms with van der Waals surface area (Å²) in [5.74, 6) is -2.06. The minimum absolute atomic E-state index is 0.00155. The van der Waals surface area contributed by atoms with Gasteiger partial charge >= 0.3 is 0 Å². The summed E-state index contributed by atoms with van der Waals surface area (Å²) >= 11 is 0. The third kappa shape index (κ3) is 3.82. The highest BCUT2D eigenvalue weighted by Gasteiger charge is 2.18. The summed E-state index contributed by atoms with van der Waals surface area (Å²) in [6.07, 6.45) is 2.29. The van der Waals surface area contributed by atoms with Gasteiger partial charge in [0.15, 0.2) is 12.4 Å². The number of para-hydroxylation sites is 1. The number of phenolic OH excluding ortho intramolecular Hbond substituents is 1. The van der Waals surface area contributed by atoms with Gasteiger partial charge in [0.25, 0.3) is 5.91 Å². The molecule has 0 amide bonds. The van der Waals surface area contributed by atoms with E-state index in [4.69, 9.17) is 10.00 Å². The molecule has 2 aromatic carbocycles. The molecule has 27 heavy (non-hydrogen) atoms. The first kappa shape index (κ1) is 17.8. The third-order valence-electron chi connectivity index (χ3n) is 3.66. The van der Waals surface area contributed by atoms with E-state index >= 15 is 0 Å². The first-order valence-electron chi connectivity index (χ1n) is 7.72. The number of ether oxygens (including phenoxy) is 1. The van der Waals surface area contributed by atoms with Crippen LogP contribution in [0.4, 0.5) is 4.39 Å². The number of aromatic hydroxyl groups is 1. The van der Waals surface area contributed by atoms with Gasteiger partial charge in [-0.2, -0.15) is 10.4 Å². The Bertz CT molecular complexity index is 1070. The van der Waals surface area contributed by atoms with Gasteiger partial charge in [0.1, 0.15) is 23.4 Å². The van der Waals surface area contributed by atoms with Gasteiger partial charge in [-0.15, -0.1) is 0 Å². The molecule has 1 heterocycles. The molecule has 0 fully saturated rings. The van der Waals surface area contributed by atoms with Crippen LogP contribution in [0.2, 0.25) is 0 Å². The molecular weight excluding hydrogens is 353 g/mol. The van der Waals surface area contributed by atoms with Gasteiger partial charge in [0.2, 0.25) is 0 Å². The first-order chi connectivity index (χ1) is 13.0. The lowest BCUT2D eigenvalue weighted by Gasteiger charge is -2.06. The Morgan fingerprint density at radius 1 is 1.26 bits per heavy atom. The molecule has 0 saturated carbocycles. The van der Waals surface area contributed by atoms with Gasteiger partial charge in [-0.05, 0) is 30.3 Å². The zero-order valence-corrected chi connectivity index (χ0v) is 13.8. The number of carbonyl (C=O) groups excluding carboxylic acids is 2. The van der Waals surface area contributed by atoms with E-state index in [0.29, 0.717) is 0 Å². The van der Waals surface area contributed by atoms with Crippen molar-refractivity contribution in [1.82, 2.24) is 9.78 Å². The Balaban J connectivity index is 1.73. The SMILES string of the molecule is N#Cc1ccccc1OCC(=O)n1cc(C(=O)c2cc(F)ccc2O)cn1. The van der Waals surface area contributed by atoms with E-state index in [0.717, 1.165) is 35.3 Å². The quantitative estimate of drug-likeness (QED) is 0.697. The Hall–Kier alpha value is -3.99. The molecule has 0 aliphatic rings. The van der Waals surface area contributed by atoms with E-state index < -0.39 is 24.1 Å². The van der Waals surface area contributed by atoms with E-state index in [2.05, 4.69) is 5.10 Å². The summed E-state index contributed by atoms with van der Waals surface area (Å²) < 4.78 is 19.5. The largest absolute Gasteiger partial charge is 0.507 e. The van der Waals surface area contributed by atoms with Crippen molar-refractivity contribution in [2.45, 2.75) is 0 Å². The molecule has 1 aromatic heterocycles. The molecule has 0 bridgehead atoms. The molecule has 3 rings (SSSR count). The Morgan fingerprint density at radius 3 is 2.81 bits per heavy atom. The average Bonchev–Trinajstić information content (AvgIpc) is 3.18. The van der Waals surface area contributed by atoms with Crippen molar-refractivity contribution in [3.8, 4) is 17.6 Å². The molecule has 1 N–H and O–H groups in total. The Morgan fingerprint density at radius 2 is 2.04 bits per heavy atom. The number of aromatic nitrogens is 2. The van der Waals surface area contributed by atoms with Crippen molar-refractivity contribution >= 4 is 11.7 Å². The number of phenols is 1. The number of benzene rings is 2. The van der Waals surface area contributed by atoms with Gasteiger partial charge in [-0.3, -0.25) is 9.59 Å². The standard InChI is InChI=1S/C19H12FN3O4/c20-14-5-6-16(24)15(7-14)19(26)13-9-22-23(10-13)18(25)11-27-17-4-2-1-3-12(17)8-21/h1-7,9-10,24H,11H2. The van der Waals surface area contributed by atoms with Gasteiger partial charge in [0.05, 0.1) is 22.9 Å². The molecule has 3 aromatic rings. The molecule has 0 unspecified atom stereocenters. The van der Waals surface area contributed by atoms with Crippen LogP contribution in [0.15, 0.2) is 54.9 Å². The molecule has 0 spiro atoms. The van der Waals surface area contributed by atoms with Crippen LogP contribution < -0.4 is 4.74 Å². The highest BCUT2D eigenvalue weighted by Crippen LogP contribution is 2.21. The van der Waals surface area contributed by atoms with Crippen LogP contribution >= 0.6 is 0 Å². The van der Waals surface area contributed by atoms with E-state index in [1.807, 2.05) is 6.07 Å². The summed E-state index contributed by atoms with van der Waals surface area (Å²) in [6.45, 7) is -0.404. The zero-order chi connectivity index (χ0) is 19.4. The van der Waals surface area contributed by atoms with Crippen molar-refractivity contribution in [3.05, 3.63) is 77.4 Å². The van der Waals surface area contributed by atoms with Gasteiger partial charge < -0.3 is 9.84 Å². The molecular formula is C19H12FN3O4. The van der Waals surface area contributed by atoms with Crippen molar-refractivity contribution in [1.29, 1.82) is 5.26 Å². The van der Waals surface area contributed by atoms with Crippen LogP contribution in [0, 0.1) is 17.1 Å². The number of nitrogens with zero attached hydrogens (tertiary/aromatic N) is 3. The van der Waals surface area contributed by atoms with Crippen molar-refractivity contribution in [2.75, 3.05) is 6.61 Å². The lowest BCUT2D eigenvalue weighted by atomic mass is 10.1. The van der Waals surface area contributed by atoms with Gasteiger partial charge in [0, 0.05) is 6.20 Å². The lowest BCUT2D eigenvalue weighted by molar-refractivity contribution is 0.0821. The third-order valence-corrected chi connectivity index (χ3v) is 3.66. The van der Waals surface area contributed by atoms with E-state index in [-0.39, 0.29) is 28.2 Å². The van der Waals surface area contributed by atoms with E-state index in [1.165, 1.54) is 0 Å². The molecule has 0 atom stereocenters. The predicted molar refractivity (Wildman–Crippen MR) is 91.0 cm³/mol. The van der Waals surface area contributed by atoms with Crippen LogP contribution in [0.5, 0.6) is 11.5 Å². The predicted octanol–water partition coefficient (Wildman–Crippen LogP) is 2.55. The zero-order valence-electron chi connectivity index (χ0n) is 13.8. The summed E-state index contributed by atoms with van der Waals surface area (Å²) in [5, 5.41) is 22.5. The Kier molecular flexibility index (Phi) is 4.95. The van der Waals surface area contributed by atoms with Gasteiger partial charge in [-0.25, -0.2) is 9.07 Å². The van der Waals surface area contributed by atoms with Crippen molar-refractivity contribution < 1.29 is 23.8 Å². The number of carbonyl (C=O) groups is 2. The summed E-state index contributed by atoms with van der Waals surface area (Å²) in [4.78, 5) is 24.5. The maximum absolute atomic E-state index is 13.3. The van der Waals surface area contributed by atoms with Gasteiger partial charge in [-0.1, -0.05) is 12.1 Å². The lowest BCUT2D eigenvalue weighted by Crippen LogP contribution is -2.20. The molecule has 0 aliphatic carbocycles. The van der Waals surface area contributed by atoms with Crippen LogP contribution in [-0.4, -0.2) is 33.2 Å². The maximum Gasteiger partial charge on any atom is 0.284 e. The number of halogens is 1. The highest BCUT2D eigenvalue weighted by molar-refractivity contribution is 6.10. The summed E-state index contributed by atoms with van der Waals surface area (Å²) in [7, 11) is 0. The topological polar surface area (TPSA) is 105 Å². The second-order valence-corrected chi connectivity index (χ2v) is 5.45. The first-order valence-corrected chi connectivity index (χ1v) is 7.72. The molecule has 0 saturated heterocycles. The van der Waals surface area contributed by atoms with Crippen LogP contribution in [0.3, 0.4) is 0 Å². The van der Waals surface area contributed by atoms with Crippen molar-refractivity contribution in [3.63, 3.8) is 0 Å². The monoisotopic (exact) mass is 365 g/mol.